The topological polar surface area (TPSA) is 46.6 Å². The number of fused-ring (bicyclic) bond motifs is 1. The van der Waals surface area contributed by atoms with E-state index in [1.165, 1.54) is 5.56 Å². The summed E-state index contributed by atoms with van der Waals surface area (Å²) in [6, 6.07) is 17.6. The van der Waals surface area contributed by atoms with Gasteiger partial charge in [-0.3, -0.25) is 4.31 Å². The Morgan fingerprint density at radius 3 is 2.54 bits per heavy atom. The maximum Gasteiger partial charge on any atom is 0.235 e. The Hall–Kier alpha value is -1.85. The molecule has 0 spiro atoms. The van der Waals surface area contributed by atoms with Gasteiger partial charge in [0, 0.05) is 19.2 Å². The molecule has 1 unspecified atom stereocenters. The van der Waals surface area contributed by atoms with E-state index in [2.05, 4.69) is 0 Å². The second-order valence-corrected chi connectivity index (χ2v) is 8.06. The molecule has 1 aliphatic heterocycles. The summed E-state index contributed by atoms with van der Waals surface area (Å²) in [5, 5.41) is 0. The van der Waals surface area contributed by atoms with Crippen LogP contribution in [0.1, 0.15) is 30.1 Å². The molecule has 0 radical (unpaired) electrons. The second-order valence-electron chi connectivity index (χ2n) is 6.05. The molecular formula is C19H23NO3S. The molecule has 0 N–H and O–H groups in total. The normalized spacial score (nSPS) is 17.5. The first-order chi connectivity index (χ1) is 11.6. The number of sulfonamides is 1. The summed E-state index contributed by atoms with van der Waals surface area (Å²) < 4.78 is 32.7. The summed E-state index contributed by atoms with van der Waals surface area (Å²) in [6.07, 6.45) is 2.05. The van der Waals surface area contributed by atoms with Gasteiger partial charge < -0.3 is 4.74 Å². The van der Waals surface area contributed by atoms with E-state index in [4.69, 9.17) is 4.74 Å². The zero-order valence-electron chi connectivity index (χ0n) is 13.9. The van der Waals surface area contributed by atoms with Crippen LogP contribution in [-0.2, 0) is 21.2 Å². The van der Waals surface area contributed by atoms with Crippen molar-refractivity contribution in [1.29, 1.82) is 0 Å². The number of aryl methyl sites for hydroxylation is 1. The zero-order valence-corrected chi connectivity index (χ0v) is 14.7. The molecule has 3 rings (SSSR count). The van der Waals surface area contributed by atoms with Crippen LogP contribution in [0.15, 0.2) is 54.6 Å². The lowest BCUT2D eigenvalue weighted by molar-refractivity contribution is 0.0951. The lowest BCUT2D eigenvalue weighted by Gasteiger charge is -2.34. The summed E-state index contributed by atoms with van der Waals surface area (Å²) in [5.74, 6) is 0.161. The van der Waals surface area contributed by atoms with E-state index in [9.17, 15) is 8.42 Å². The summed E-state index contributed by atoms with van der Waals surface area (Å²) in [7, 11) is -1.65. The fourth-order valence-corrected chi connectivity index (χ4v) is 4.82. The van der Waals surface area contributed by atoms with Crippen molar-refractivity contribution in [2.75, 3.05) is 23.7 Å². The fraction of sp³-hybridized carbons (Fsp3) is 0.368. The molecule has 0 aliphatic carbocycles. The minimum atomic E-state index is -3.32. The number of benzene rings is 2. The first-order valence-electron chi connectivity index (χ1n) is 8.28. The Kier molecular flexibility index (Phi) is 5.21. The number of ether oxygens (including phenoxy) is 1. The van der Waals surface area contributed by atoms with Gasteiger partial charge in [-0.2, -0.15) is 0 Å². The van der Waals surface area contributed by atoms with Gasteiger partial charge in [0.2, 0.25) is 10.0 Å². The van der Waals surface area contributed by atoms with Crippen molar-refractivity contribution in [1.82, 2.24) is 0 Å². The van der Waals surface area contributed by atoms with Gasteiger partial charge in [0.25, 0.3) is 0 Å². The Labute approximate surface area is 144 Å². The van der Waals surface area contributed by atoms with Crippen LogP contribution >= 0.6 is 0 Å². The van der Waals surface area contributed by atoms with Crippen LogP contribution < -0.4 is 4.31 Å². The first kappa shape index (κ1) is 17.0. The summed E-state index contributed by atoms with van der Waals surface area (Å²) in [4.78, 5) is 0. The molecule has 1 heterocycles. The smallest absolute Gasteiger partial charge is 0.235 e. The van der Waals surface area contributed by atoms with Crippen molar-refractivity contribution >= 4 is 15.7 Å². The molecule has 1 aliphatic rings. The number of rotatable bonds is 6. The predicted octanol–water partition coefficient (Wildman–Crippen LogP) is 3.55. The second kappa shape index (κ2) is 7.36. The Morgan fingerprint density at radius 2 is 1.79 bits per heavy atom. The summed E-state index contributed by atoms with van der Waals surface area (Å²) >= 11 is 0. The van der Waals surface area contributed by atoms with Crippen LogP contribution in [0, 0.1) is 0 Å². The van der Waals surface area contributed by atoms with E-state index in [1.807, 2.05) is 54.6 Å². The van der Waals surface area contributed by atoms with E-state index >= 15 is 0 Å². The maximum atomic E-state index is 12.8. The molecule has 0 amide bonds. The molecule has 5 heteroatoms. The molecule has 1 atom stereocenters. The third-order valence-electron chi connectivity index (χ3n) is 4.48. The van der Waals surface area contributed by atoms with Gasteiger partial charge in [0.1, 0.15) is 0 Å². The van der Waals surface area contributed by atoms with Crippen LogP contribution in [0.2, 0.25) is 0 Å². The molecule has 0 saturated heterocycles. The van der Waals surface area contributed by atoms with Gasteiger partial charge in [0.05, 0.1) is 17.5 Å². The highest BCUT2D eigenvalue weighted by molar-refractivity contribution is 7.92. The van der Waals surface area contributed by atoms with E-state index < -0.39 is 10.0 Å². The average Bonchev–Trinajstić information content (AvgIpc) is 2.61. The molecule has 0 bridgehead atoms. The van der Waals surface area contributed by atoms with E-state index in [0.717, 1.165) is 17.7 Å². The zero-order chi connectivity index (χ0) is 17.0. The third kappa shape index (κ3) is 3.62. The van der Waals surface area contributed by atoms with E-state index in [-0.39, 0.29) is 11.9 Å². The highest BCUT2D eigenvalue weighted by atomic mass is 32.2. The average molecular weight is 345 g/mol. The number of methoxy groups -OCH3 is 1. The minimum absolute atomic E-state index is 0.0306. The van der Waals surface area contributed by atoms with Crippen LogP contribution in [-0.4, -0.2) is 27.8 Å². The van der Waals surface area contributed by atoms with Crippen LogP contribution in [0.5, 0.6) is 0 Å². The molecule has 2 aromatic rings. The number of para-hydroxylation sites is 1. The third-order valence-corrected chi connectivity index (χ3v) is 6.33. The SMILES string of the molecule is COC1CCN(S(=O)(=O)CCCc2ccccc2)c2ccccc21. The van der Waals surface area contributed by atoms with Gasteiger partial charge in [-0.25, -0.2) is 8.42 Å². The van der Waals surface area contributed by atoms with Gasteiger partial charge in [0.15, 0.2) is 0 Å². The number of hydrogen-bond acceptors (Lipinski definition) is 3. The van der Waals surface area contributed by atoms with Crippen molar-refractivity contribution in [3.8, 4) is 0 Å². The predicted molar refractivity (Wildman–Crippen MR) is 96.7 cm³/mol. The molecule has 0 saturated carbocycles. The Morgan fingerprint density at radius 1 is 1.08 bits per heavy atom. The quantitative estimate of drug-likeness (QED) is 0.804. The largest absolute Gasteiger partial charge is 0.377 e. The lowest BCUT2D eigenvalue weighted by atomic mass is 10.0. The van der Waals surface area contributed by atoms with Gasteiger partial charge in [-0.05, 0) is 30.9 Å². The highest BCUT2D eigenvalue weighted by Crippen LogP contribution is 2.37. The molecule has 24 heavy (non-hydrogen) atoms. The van der Waals surface area contributed by atoms with Gasteiger partial charge in [-0.15, -0.1) is 0 Å². The minimum Gasteiger partial charge on any atom is -0.377 e. The monoisotopic (exact) mass is 345 g/mol. The van der Waals surface area contributed by atoms with Crippen molar-refractivity contribution in [2.24, 2.45) is 0 Å². The molecule has 128 valence electrons. The molecule has 0 aromatic heterocycles. The van der Waals surface area contributed by atoms with Crippen molar-refractivity contribution in [3.05, 3.63) is 65.7 Å². The van der Waals surface area contributed by atoms with Gasteiger partial charge in [-0.1, -0.05) is 48.5 Å². The maximum absolute atomic E-state index is 12.8. The van der Waals surface area contributed by atoms with Crippen molar-refractivity contribution in [2.45, 2.75) is 25.4 Å². The van der Waals surface area contributed by atoms with Crippen LogP contribution in [0.3, 0.4) is 0 Å². The number of anilines is 1. The number of hydrogen-bond donors (Lipinski definition) is 0. The number of nitrogens with zero attached hydrogens (tertiary/aromatic N) is 1. The standard InChI is InChI=1S/C19H23NO3S/c1-23-19-13-14-20(18-12-6-5-11-17(18)19)24(21,22)15-7-10-16-8-3-2-4-9-16/h2-6,8-9,11-12,19H,7,10,13-15H2,1H3. The first-order valence-corrected chi connectivity index (χ1v) is 9.89. The van der Waals surface area contributed by atoms with Crippen LogP contribution in [0.25, 0.3) is 0 Å². The summed E-state index contributed by atoms with van der Waals surface area (Å²) in [5.41, 5.74) is 2.89. The molecule has 2 aromatic carbocycles. The highest BCUT2D eigenvalue weighted by Gasteiger charge is 2.31. The molecular weight excluding hydrogens is 322 g/mol. The molecule has 4 nitrogen and oxygen atoms in total. The molecule has 0 fully saturated rings. The van der Waals surface area contributed by atoms with Crippen LogP contribution in [0.4, 0.5) is 5.69 Å². The van der Waals surface area contributed by atoms with E-state index in [1.54, 1.807) is 11.4 Å². The summed E-state index contributed by atoms with van der Waals surface area (Å²) in [6.45, 7) is 0.475. The fourth-order valence-electron chi connectivity index (χ4n) is 3.24. The van der Waals surface area contributed by atoms with Gasteiger partial charge >= 0.3 is 0 Å². The Bertz CT molecular complexity index is 774. The van der Waals surface area contributed by atoms with Crippen molar-refractivity contribution in [3.63, 3.8) is 0 Å². The lowest BCUT2D eigenvalue weighted by Crippen LogP contribution is -2.38. The van der Waals surface area contributed by atoms with Crippen molar-refractivity contribution < 1.29 is 13.2 Å². The van der Waals surface area contributed by atoms with E-state index in [0.29, 0.717) is 19.4 Å². The Balaban J connectivity index is 1.73.